The zero-order valence-corrected chi connectivity index (χ0v) is 12.1. The summed E-state index contributed by atoms with van der Waals surface area (Å²) in [4.78, 5) is 23.5. The van der Waals surface area contributed by atoms with Crippen molar-refractivity contribution in [2.24, 2.45) is 0 Å². The number of hydrogen-bond acceptors (Lipinski definition) is 5. The summed E-state index contributed by atoms with van der Waals surface area (Å²) in [6.07, 6.45) is 1.24. The van der Waals surface area contributed by atoms with Crippen molar-refractivity contribution in [1.82, 2.24) is 0 Å². The number of rotatable bonds is 2. The summed E-state index contributed by atoms with van der Waals surface area (Å²) in [5.41, 5.74) is 1.37. The molecule has 20 heavy (non-hydrogen) atoms. The monoisotopic (exact) mass is 295 g/mol. The first-order valence-corrected chi connectivity index (χ1v) is 6.36. The van der Waals surface area contributed by atoms with E-state index in [9.17, 15) is 9.59 Å². The first-order valence-electron chi connectivity index (χ1n) is 5.98. The molecule has 1 heterocycles. The molecule has 0 saturated carbocycles. The van der Waals surface area contributed by atoms with E-state index in [1.165, 1.54) is 20.0 Å². The molecule has 1 N–H and O–H groups in total. The summed E-state index contributed by atoms with van der Waals surface area (Å²) in [7, 11) is 0. The minimum absolute atomic E-state index is 0.207. The number of halogens is 1. The summed E-state index contributed by atoms with van der Waals surface area (Å²) >= 11 is 6.01. The third-order valence-electron chi connectivity index (χ3n) is 2.61. The van der Waals surface area contributed by atoms with Crippen molar-refractivity contribution in [3.05, 3.63) is 40.6 Å². The molecule has 1 aliphatic rings. The lowest BCUT2D eigenvalue weighted by molar-refractivity contribution is -0.222. The number of cyclic esters (lactones) is 2. The van der Waals surface area contributed by atoms with Gasteiger partial charge >= 0.3 is 11.9 Å². The Kier molecular flexibility index (Phi) is 3.72. The van der Waals surface area contributed by atoms with Gasteiger partial charge in [-0.1, -0.05) is 17.7 Å². The quantitative estimate of drug-likeness (QED) is 0.516. The zero-order valence-electron chi connectivity index (χ0n) is 11.3. The number of nitrogens with one attached hydrogen (secondary N) is 1. The predicted octanol–water partition coefficient (Wildman–Crippen LogP) is 2.78. The lowest BCUT2D eigenvalue weighted by Crippen LogP contribution is -2.42. The van der Waals surface area contributed by atoms with Gasteiger partial charge in [0.05, 0.1) is 10.7 Å². The first-order chi connectivity index (χ1) is 9.28. The maximum Gasteiger partial charge on any atom is 0.350 e. The smallest absolute Gasteiger partial charge is 0.350 e. The third-order valence-corrected chi connectivity index (χ3v) is 2.94. The molecule has 0 aliphatic carbocycles. The van der Waals surface area contributed by atoms with Gasteiger partial charge in [-0.05, 0) is 24.6 Å². The molecule has 0 spiro atoms. The van der Waals surface area contributed by atoms with Crippen molar-refractivity contribution < 1.29 is 19.1 Å². The van der Waals surface area contributed by atoms with Gasteiger partial charge < -0.3 is 14.8 Å². The molecule has 6 heteroatoms. The molecule has 0 amide bonds. The van der Waals surface area contributed by atoms with Gasteiger partial charge in [-0.2, -0.15) is 0 Å². The first kappa shape index (κ1) is 14.4. The number of carbonyl (C=O) groups is 2. The van der Waals surface area contributed by atoms with Crippen LogP contribution >= 0.6 is 11.6 Å². The predicted molar refractivity (Wildman–Crippen MR) is 74.2 cm³/mol. The van der Waals surface area contributed by atoms with Gasteiger partial charge in [0.2, 0.25) is 0 Å². The van der Waals surface area contributed by atoms with E-state index in [1.807, 2.05) is 13.0 Å². The van der Waals surface area contributed by atoms with Crippen LogP contribution in [0.5, 0.6) is 0 Å². The second-order valence-electron chi connectivity index (χ2n) is 4.86. The molecule has 1 aromatic carbocycles. The fraction of sp³-hybridized carbons (Fsp3) is 0.286. The Balaban J connectivity index is 2.21. The van der Waals surface area contributed by atoms with Crippen LogP contribution in [0.15, 0.2) is 30.0 Å². The topological polar surface area (TPSA) is 64.6 Å². The Morgan fingerprint density at radius 2 is 1.80 bits per heavy atom. The molecular formula is C14H14ClNO4. The average molecular weight is 296 g/mol. The van der Waals surface area contributed by atoms with Crippen molar-refractivity contribution in [2.75, 3.05) is 5.32 Å². The maximum atomic E-state index is 11.7. The molecule has 1 aliphatic heterocycles. The van der Waals surface area contributed by atoms with Crippen molar-refractivity contribution in [1.29, 1.82) is 0 Å². The van der Waals surface area contributed by atoms with Gasteiger partial charge in [0, 0.05) is 20.0 Å². The normalized spacial score (nSPS) is 17.3. The number of hydrogen-bond donors (Lipinski definition) is 1. The molecule has 1 fully saturated rings. The van der Waals surface area contributed by atoms with Crippen molar-refractivity contribution in [3.8, 4) is 0 Å². The van der Waals surface area contributed by atoms with Crippen LogP contribution in [0.1, 0.15) is 19.4 Å². The van der Waals surface area contributed by atoms with Crippen molar-refractivity contribution in [3.63, 3.8) is 0 Å². The molecule has 0 atom stereocenters. The SMILES string of the molecule is Cc1ccc(Cl)c(NC=C2C(=O)OC(C)(C)OC2=O)c1. The minimum atomic E-state index is -1.24. The van der Waals surface area contributed by atoms with Gasteiger partial charge in [-0.15, -0.1) is 0 Å². The Bertz CT molecular complexity index is 585. The highest BCUT2D eigenvalue weighted by molar-refractivity contribution is 6.33. The van der Waals surface area contributed by atoms with Crippen LogP contribution in [0.25, 0.3) is 0 Å². The summed E-state index contributed by atoms with van der Waals surface area (Å²) in [5.74, 6) is -2.71. The molecule has 0 aromatic heterocycles. The van der Waals surface area contributed by atoms with Crippen LogP contribution in [-0.2, 0) is 19.1 Å². The molecule has 2 rings (SSSR count). The molecule has 0 unspecified atom stereocenters. The highest BCUT2D eigenvalue weighted by Crippen LogP contribution is 2.25. The number of aryl methyl sites for hydroxylation is 1. The van der Waals surface area contributed by atoms with E-state index in [2.05, 4.69) is 5.32 Å². The molecule has 1 aromatic rings. The molecule has 1 saturated heterocycles. The van der Waals surface area contributed by atoms with Crippen molar-refractivity contribution in [2.45, 2.75) is 26.6 Å². The van der Waals surface area contributed by atoms with Crippen LogP contribution < -0.4 is 5.32 Å². The molecule has 106 valence electrons. The highest BCUT2D eigenvalue weighted by Gasteiger charge is 2.38. The van der Waals surface area contributed by atoms with Gasteiger partial charge in [0.25, 0.3) is 5.79 Å². The molecule has 0 radical (unpaired) electrons. The average Bonchev–Trinajstić information content (AvgIpc) is 2.30. The van der Waals surface area contributed by atoms with E-state index < -0.39 is 17.7 Å². The van der Waals surface area contributed by atoms with Crippen LogP contribution in [-0.4, -0.2) is 17.7 Å². The Labute approximate surface area is 121 Å². The van der Waals surface area contributed by atoms with Crippen LogP contribution in [0.2, 0.25) is 5.02 Å². The van der Waals surface area contributed by atoms with Gasteiger partial charge in [0.15, 0.2) is 5.57 Å². The Morgan fingerprint density at radius 3 is 2.40 bits per heavy atom. The summed E-state index contributed by atoms with van der Waals surface area (Å²) < 4.78 is 9.95. The van der Waals surface area contributed by atoms with E-state index >= 15 is 0 Å². The number of benzene rings is 1. The maximum absolute atomic E-state index is 11.7. The lowest BCUT2D eigenvalue weighted by atomic mass is 10.2. The summed E-state index contributed by atoms with van der Waals surface area (Å²) in [6.45, 7) is 4.88. The molecule has 5 nitrogen and oxygen atoms in total. The minimum Gasteiger partial charge on any atom is -0.419 e. The van der Waals surface area contributed by atoms with Crippen LogP contribution in [0, 0.1) is 6.92 Å². The third kappa shape index (κ3) is 3.11. The highest BCUT2D eigenvalue weighted by atomic mass is 35.5. The van der Waals surface area contributed by atoms with Gasteiger partial charge in [0.1, 0.15) is 0 Å². The second-order valence-corrected chi connectivity index (χ2v) is 5.27. The Hall–Kier alpha value is -2.01. The van der Waals surface area contributed by atoms with Gasteiger partial charge in [-0.25, -0.2) is 9.59 Å². The van der Waals surface area contributed by atoms with E-state index in [0.717, 1.165) is 5.56 Å². The zero-order chi connectivity index (χ0) is 14.9. The van der Waals surface area contributed by atoms with E-state index in [0.29, 0.717) is 10.7 Å². The number of anilines is 1. The van der Waals surface area contributed by atoms with Gasteiger partial charge in [-0.3, -0.25) is 0 Å². The van der Waals surface area contributed by atoms with E-state index in [1.54, 1.807) is 12.1 Å². The largest absolute Gasteiger partial charge is 0.419 e. The lowest BCUT2D eigenvalue weighted by Gasteiger charge is -2.29. The molecular weight excluding hydrogens is 282 g/mol. The Morgan fingerprint density at radius 1 is 1.20 bits per heavy atom. The standard InChI is InChI=1S/C14H14ClNO4/c1-8-4-5-10(15)11(6-8)16-7-9-12(17)19-14(2,3)20-13(9)18/h4-7,16H,1-3H3. The fourth-order valence-electron chi connectivity index (χ4n) is 1.68. The number of esters is 2. The molecule has 0 bridgehead atoms. The summed E-state index contributed by atoms with van der Waals surface area (Å²) in [6, 6.07) is 5.37. The second kappa shape index (κ2) is 5.17. The van der Waals surface area contributed by atoms with E-state index in [-0.39, 0.29) is 5.57 Å². The van der Waals surface area contributed by atoms with Crippen LogP contribution in [0.4, 0.5) is 5.69 Å². The van der Waals surface area contributed by atoms with E-state index in [4.69, 9.17) is 21.1 Å². The summed E-state index contributed by atoms with van der Waals surface area (Å²) in [5, 5.41) is 3.29. The van der Waals surface area contributed by atoms with Crippen LogP contribution in [0.3, 0.4) is 0 Å². The van der Waals surface area contributed by atoms with Crippen molar-refractivity contribution >= 4 is 29.2 Å². The fourth-order valence-corrected chi connectivity index (χ4v) is 1.85. The number of ether oxygens (including phenoxy) is 2. The number of carbonyl (C=O) groups excluding carboxylic acids is 2.